The van der Waals surface area contributed by atoms with Gasteiger partial charge >= 0.3 is 17.9 Å². The number of carbonyl (C=O) groups excluding carboxylic acids is 3. The fourth-order valence-corrected chi connectivity index (χ4v) is 4.42. The monoisotopic (exact) mass is 429 g/mol. The quantitative estimate of drug-likeness (QED) is 0.463. The van der Waals surface area contributed by atoms with E-state index in [9.17, 15) is 14.4 Å². The zero-order valence-electron chi connectivity index (χ0n) is 18.3. The summed E-state index contributed by atoms with van der Waals surface area (Å²) in [6.45, 7) is 10.2. The highest BCUT2D eigenvalue weighted by Crippen LogP contribution is 2.45. The smallest absolute Gasteiger partial charge is 0.303 e. The van der Waals surface area contributed by atoms with E-state index < -0.39 is 48.4 Å². The predicted molar refractivity (Wildman–Crippen MR) is 101 cm³/mol. The van der Waals surface area contributed by atoms with Crippen LogP contribution >= 0.6 is 0 Å². The Labute approximate surface area is 176 Å². The van der Waals surface area contributed by atoms with Crippen LogP contribution < -0.4 is 0 Å². The molecule has 170 valence electrons. The molecule has 0 saturated carbocycles. The minimum atomic E-state index is -0.952. The lowest BCUT2D eigenvalue weighted by molar-refractivity contribution is -0.301. The number of fused-ring (bicyclic) bond motifs is 3. The average Bonchev–Trinajstić information content (AvgIpc) is 3.12. The van der Waals surface area contributed by atoms with E-state index in [0.29, 0.717) is 6.54 Å². The Morgan fingerprint density at radius 3 is 2.20 bits per heavy atom. The van der Waals surface area contributed by atoms with Crippen LogP contribution in [0.25, 0.3) is 0 Å². The van der Waals surface area contributed by atoms with Crippen molar-refractivity contribution in [3.05, 3.63) is 0 Å². The molecule has 3 rings (SSSR count). The van der Waals surface area contributed by atoms with E-state index in [-0.39, 0.29) is 24.4 Å². The Morgan fingerprint density at radius 2 is 1.63 bits per heavy atom. The van der Waals surface area contributed by atoms with E-state index in [1.165, 1.54) is 20.8 Å². The van der Waals surface area contributed by atoms with Crippen LogP contribution in [0.2, 0.25) is 0 Å². The van der Waals surface area contributed by atoms with Crippen LogP contribution in [0.3, 0.4) is 0 Å². The van der Waals surface area contributed by atoms with E-state index in [1.54, 1.807) is 5.06 Å². The van der Waals surface area contributed by atoms with Crippen LogP contribution in [-0.4, -0.2) is 78.5 Å². The number of ether oxygens (including phenoxy) is 5. The summed E-state index contributed by atoms with van der Waals surface area (Å²) in [5, 5.41) is 1.79. The highest BCUT2D eigenvalue weighted by molar-refractivity contribution is 5.67. The first-order valence-corrected chi connectivity index (χ1v) is 10.2. The van der Waals surface area contributed by atoms with Gasteiger partial charge in [-0.25, -0.2) is 0 Å². The summed E-state index contributed by atoms with van der Waals surface area (Å²) in [7, 11) is 0. The first-order chi connectivity index (χ1) is 14.0. The van der Waals surface area contributed by atoms with E-state index in [1.807, 2.05) is 20.8 Å². The second-order valence-corrected chi connectivity index (χ2v) is 8.86. The molecule has 3 saturated heterocycles. The lowest BCUT2D eigenvalue weighted by atomic mass is 9.83. The molecule has 0 aliphatic carbocycles. The minimum Gasteiger partial charge on any atom is -0.463 e. The molecule has 0 bridgehead atoms. The summed E-state index contributed by atoms with van der Waals surface area (Å²) < 4.78 is 28.5. The van der Waals surface area contributed by atoms with Crippen molar-refractivity contribution in [1.29, 1.82) is 0 Å². The van der Waals surface area contributed by atoms with Gasteiger partial charge in [0.1, 0.15) is 12.7 Å². The third kappa shape index (κ3) is 5.11. The lowest BCUT2D eigenvalue weighted by Gasteiger charge is -2.43. The maximum Gasteiger partial charge on any atom is 0.303 e. The second kappa shape index (κ2) is 8.78. The van der Waals surface area contributed by atoms with Crippen molar-refractivity contribution in [1.82, 2.24) is 5.06 Å². The summed E-state index contributed by atoms with van der Waals surface area (Å²) in [6.07, 6.45) is -2.82. The summed E-state index contributed by atoms with van der Waals surface area (Å²) >= 11 is 0. The maximum atomic E-state index is 11.9. The molecule has 0 radical (unpaired) electrons. The van der Waals surface area contributed by atoms with E-state index in [4.69, 9.17) is 28.5 Å². The molecule has 0 aromatic heterocycles. The average molecular weight is 429 g/mol. The minimum absolute atomic E-state index is 0.162. The van der Waals surface area contributed by atoms with Gasteiger partial charge in [-0.2, -0.15) is 5.06 Å². The van der Waals surface area contributed by atoms with Crippen molar-refractivity contribution in [3.8, 4) is 0 Å². The van der Waals surface area contributed by atoms with Crippen molar-refractivity contribution in [2.75, 3.05) is 13.2 Å². The molecule has 30 heavy (non-hydrogen) atoms. The van der Waals surface area contributed by atoms with Crippen LogP contribution in [0.15, 0.2) is 0 Å². The zero-order chi connectivity index (χ0) is 22.2. The normalized spacial score (nSPS) is 36.0. The Balaban J connectivity index is 1.91. The first-order valence-electron chi connectivity index (χ1n) is 10.2. The Bertz CT molecular complexity index is 676. The van der Waals surface area contributed by atoms with Gasteiger partial charge in [-0.05, 0) is 27.2 Å². The zero-order valence-corrected chi connectivity index (χ0v) is 18.3. The lowest BCUT2D eigenvalue weighted by Crippen LogP contribution is -2.60. The standard InChI is InChI=1S/C20H31NO9/c1-10(22)25-9-14-17(26-11(2)23)18(27-12(3)24)15-16-13(29-20(4,5)6)7-8-21(16)30-19(15)28-14/h13-19H,7-9H2,1-6H3/t13-,14+,15+,16-,17+,18+,19+/m0/s1. The number of esters is 3. The number of hydrogen-bond donors (Lipinski definition) is 0. The number of nitrogens with zero attached hydrogens (tertiary/aromatic N) is 1. The summed E-state index contributed by atoms with van der Waals surface area (Å²) in [5.41, 5.74) is -0.377. The summed E-state index contributed by atoms with van der Waals surface area (Å²) in [6, 6.07) is -0.244. The molecule has 3 heterocycles. The molecular formula is C20H31NO9. The van der Waals surface area contributed by atoms with Gasteiger partial charge in [-0.1, -0.05) is 0 Å². The largest absolute Gasteiger partial charge is 0.463 e. The third-order valence-corrected chi connectivity index (χ3v) is 5.23. The highest BCUT2D eigenvalue weighted by Gasteiger charge is 2.62. The van der Waals surface area contributed by atoms with Crippen LogP contribution in [0.5, 0.6) is 0 Å². The summed E-state index contributed by atoms with van der Waals surface area (Å²) in [5.74, 6) is -2.02. The Hall–Kier alpha value is -1.75. The molecule has 7 atom stereocenters. The molecule has 10 nitrogen and oxygen atoms in total. The van der Waals surface area contributed by atoms with Crippen LogP contribution in [0.1, 0.15) is 48.0 Å². The van der Waals surface area contributed by atoms with Crippen LogP contribution in [-0.2, 0) is 42.9 Å². The number of hydrogen-bond acceptors (Lipinski definition) is 10. The third-order valence-electron chi connectivity index (χ3n) is 5.23. The molecule has 0 aromatic rings. The molecule has 3 aliphatic rings. The van der Waals surface area contributed by atoms with Crippen molar-refractivity contribution in [2.24, 2.45) is 5.92 Å². The van der Waals surface area contributed by atoms with Gasteiger partial charge in [0.05, 0.1) is 23.7 Å². The predicted octanol–water partition coefficient (Wildman–Crippen LogP) is 0.957. The summed E-state index contributed by atoms with van der Waals surface area (Å²) in [4.78, 5) is 41.0. The molecule has 0 amide bonds. The van der Waals surface area contributed by atoms with Crippen LogP contribution in [0.4, 0.5) is 0 Å². The first kappa shape index (κ1) is 22.9. The number of carbonyl (C=O) groups is 3. The molecule has 3 fully saturated rings. The van der Waals surface area contributed by atoms with E-state index >= 15 is 0 Å². The van der Waals surface area contributed by atoms with Crippen molar-refractivity contribution in [3.63, 3.8) is 0 Å². The van der Waals surface area contributed by atoms with Gasteiger partial charge in [0.2, 0.25) is 0 Å². The Kier molecular flexibility index (Phi) is 6.71. The van der Waals surface area contributed by atoms with Crippen molar-refractivity contribution < 1.29 is 42.9 Å². The molecule has 0 N–H and O–H groups in total. The van der Waals surface area contributed by atoms with Gasteiger partial charge in [0.25, 0.3) is 0 Å². The van der Waals surface area contributed by atoms with E-state index in [2.05, 4.69) is 0 Å². The molecule has 10 heteroatoms. The van der Waals surface area contributed by atoms with Gasteiger partial charge in [0.15, 0.2) is 18.5 Å². The SMILES string of the molecule is CC(=O)OC[C@H]1O[C@@H]2ON3CC[C@H](OC(C)(C)C)[C@H]3[C@@H]2[C@@H](OC(C)=O)[C@@H]1OC(C)=O. The fourth-order valence-electron chi connectivity index (χ4n) is 4.42. The number of rotatable bonds is 5. The molecule has 0 unspecified atom stereocenters. The van der Waals surface area contributed by atoms with Gasteiger partial charge < -0.3 is 23.7 Å². The van der Waals surface area contributed by atoms with Gasteiger partial charge in [-0.3, -0.25) is 19.2 Å². The molecule has 0 spiro atoms. The topological polar surface area (TPSA) is 110 Å². The van der Waals surface area contributed by atoms with Gasteiger partial charge in [-0.15, -0.1) is 0 Å². The van der Waals surface area contributed by atoms with Crippen molar-refractivity contribution >= 4 is 17.9 Å². The number of hydroxylamine groups is 2. The van der Waals surface area contributed by atoms with E-state index in [0.717, 1.165) is 6.42 Å². The van der Waals surface area contributed by atoms with Crippen molar-refractivity contribution in [2.45, 2.75) is 90.3 Å². The maximum absolute atomic E-state index is 11.9. The fraction of sp³-hybridized carbons (Fsp3) is 0.850. The Morgan fingerprint density at radius 1 is 1.00 bits per heavy atom. The second-order valence-electron chi connectivity index (χ2n) is 8.86. The molecule has 0 aromatic carbocycles. The molecular weight excluding hydrogens is 398 g/mol. The highest BCUT2D eigenvalue weighted by atomic mass is 16.8. The molecule has 3 aliphatic heterocycles. The van der Waals surface area contributed by atoms with Crippen LogP contribution in [0, 0.1) is 5.92 Å². The van der Waals surface area contributed by atoms with Gasteiger partial charge in [0, 0.05) is 27.3 Å².